The number of thioether (sulfide) groups is 1. The van der Waals surface area contributed by atoms with E-state index in [1.54, 1.807) is 34.9 Å². The fourth-order valence-corrected chi connectivity index (χ4v) is 4.65. The highest BCUT2D eigenvalue weighted by Gasteiger charge is 2.14. The lowest BCUT2D eigenvalue weighted by molar-refractivity contribution is 0.416. The third-order valence-electron chi connectivity index (χ3n) is 4.26. The number of aromatic nitrogens is 5. The van der Waals surface area contributed by atoms with Gasteiger partial charge in [-0.05, 0) is 48.0 Å². The summed E-state index contributed by atoms with van der Waals surface area (Å²) in [6, 6.07) is 14.2. The Bertz CT molecular complexity index is 1110. The maximum Gasteiger partial charge on any atom is 0.214 e. The van der Waals surface area contributed by atoms with Gasteiger partial charge in [0.2, 0.25) is 5.16 Å². The molecule has 6 nitrogen and oxygen atoms in total. The number of ether oxygens (including phenoxy) is 1. The molecule has 142 valence electrons. The first-order chi connectivity index (χ1) is 13.7. The van der Waals surface area contributed by atoms with E-state index in [0.29, 0.717) is 5.75 Å². The fraction of sp³-hybridized carbons (Fsp3) is 0.200. The highest BCUT2D eigenvalue weighted by Crippen LogP contribution is 2.33. The Morgan fingerprint density at radius 1 is 1.14 bits per heavy atom. The third-order valence-corrected chi connectivity index (χ3v) is 6.14. The molecule has 0 N–H and O–H groups in total. The van der Waals surface area contributed by atoms with Crippen molar-refractivity contribution in [3.05, 3.63) is 64.7 Å². The summed E-state index contributed by atoms with van der Waals surface area (Å²) in [7, 11) is 1.68. The van der Waals surface area contributed by atoms with E-state index in [4.69, 9.17) is 9.72 Å². The molecule has 4 rings (SSSR count). The average molecular weight is 410 g/mol. The second kappa shape index (κ2) is 8.12. The molecule has 28 heavy (non-hydrogen) atoms. The van der Waals surface area contributed by atoms with Crippen molar-refractivity contribution in [2.75, 3.05) is 7.11 Å². The van der Waals surface area contributed by atoms with Crippen LogP contribution in [0.5, 0.6) is 5.75 Å². The lowest BCUT2D eigenvalue weighted by atomic mass is 10.1. The molecule has 0 saturated carbocycles. The van der Waals surface area contributed by atoms with Gasteiger partial charge in [0.05, 0.1) is 24.1 Å². The molecule has 0 aliphatic heterocycles. The third kappa shape index (κ3) is 3.79. The van der Waals surface area contributed by atoms with Crippen LogP contribution in [0.3, 0.4) is 0 Å². The van der Waals surface area contributed by atoms with Gasteiger partial charge in [-0.15, -0.1) is 16.4 Å². The highest BCUT2D eigenvalue weighted by molar-refractivity contribution is 7.98. The Kier molecular flexibility index (Phi) is 5.40. The SMILES string of the molecule is COc1ccccc1-c1nc(CSc2nnnn2-c2ccc(C)cc2C)cs1. The van der Waals surface area contributed by atoms with Crippen LogP contribution < -0.4 is 4.74 Å². The standard InChI is InChI=1S/C20H19N5OS2/c1-13-8-9-17(14(2)10-13)25-20(22-23-24-25)28-12-15-11-27-19(21-15)16-6-4-5-7-18(16)26-3/h4-11H,12H2,1-3H3. The number of aryl methyl sites for hydroxylation is 2. The van der Waals surface area contributed by atoms with E-state index in [2.05, 4.69) is 46.9 Å². The van der Waals surface area contributed by atoms with Crippen molar-refractivity contribution >= 4 is 23.1 Å². The number of nitrogens with zero attached hydrogens (tertiary/aromatic N) is 5. The number of methoxy groups -OCH3 is 1. The Morgan fingerprint density at radius 2 is 2.00 bits per heavy atom. The molecule has 0 atom stereocenters. The monoisotopic (exact) mass is 409 g/mol. The van der Waals surface area contributed by atoms with Crippen LogP contribution in [0.25, 0.3) is 16.3 Å². The van der Waals surface area contributed by atoms with E-state index in [1.165, 1.54) is 5.56 Å². The Morgan fingerprint density at radius 3 is 2.82 bits per heavy atom. The molecule has 2 heterocycles. The quantitative estimate of drug-likeness (QED) is 0.430. The van der Waals surface area contributed by atoms with Crippen LogP contribution in [-0.4, -0.2) is 32.3 Å². The van der Waals surface area contributed by atoms with E-state index in [1.807, 2.05) is 30.3 Å². The van der Waals surface area contributed by atoms with E-state index in [0.717, 1.165) is 38.4 Å². The molecule has 2 aromatic carbocycles. The summed E-state index contributed by atoms with van der Waals surface area (Å²) in [4.78, 5) is 4.76. The minimum Gasteiger partial charge on any atom is -0.496 e. The van der Waals surface area contributed by atoms with Crippen molar-refractivity contribution in [3.63, 3.8) is 0 Å². The average Bonchev–Trinajstić information content (AvgIpc) is 3.36. The lowest BCUT2D eigenvalue weighted by Crippen LogP contribution is -2.02. The largest absolute Gasteiger partial charge is 0.496 e. The van der Waals surface area contributed by atoms with Gasteiger partial charge in [0.15, 0.2) is 0 Å². The Balaban J connectivity index is 1.52. The molecule has 0 bridgehead atoms. The summed E-state index contributed by atoms with van der Waals surface area (Å²) in [6.07, 6.45) is 0. The summed E-state index contributed by atoms with van der Waals surface area (Å²) < 4.78 is 7.23. The molecule has 0 spiro atoms. The van der Waals surface area contributed by atoms with Crippen LogP contribution in [0.15, 0.2) is 53.0 Å². The molecule has 8 heteroatoms. The molecular formula is C20H19N5OS2. The lowest BCUT2D eigenvalue weighted by Gasteiger charge is -2.08. The molecule has 2 aromatic heterocycles. The minimum absolute atomic E-state index is 0.691. The highest BCUT2D eigenvalue weighted by atomic mass is 32.2. The van der Waals surface area contributed by atoms with E-state index in [9.17, 15) is 0 Å². The second-order valence-electron chi connectivity index (χ2n) is 6.30. The normalized spacial score (nSPS) is 11.0. The van der Waals surface area contributed by atoms with Crippen molar-refractivity contribution < 1.29 is 4.74 Å². The van der Waals surface area contributed by atoms with Crippen molar-refractivity contribution in [1.82, 2.24) is 25.2 Å². The number of thiazole rings is 1. The molecular weight excluding hydrogens is 390 g/mol. The van der Waals surface area contributed by atoms with Crippen molar-refractivity contribution in [1.29, 1.82) is 0 Å². The first kappa shape index (κ1) is 18.6. The number of rotatable bonds is 6. The summed E-state index contributed by atoms with van der Waals surface area (Å²) in [6.45, 7) is 4.14. The van der Waals surface area contributed by atoms with E-state index in [-0.39, 0.29) is 0 Å². The number of benzene rings is 2. The van der Waals surface area contributed by atoms with Crippen LogP contribution in [-0.2, 0) is 5.75 Å². The van der Waals surface area contributed by atoms with Crippen LogP contribution in [0.1, 0.15) is 16.8 Å². The van der Waals surface area contributed by atoms with Gasteiger partial charge >= 0.3 is 0 Å². The molecule has 0 aliphatic rings. The molecule has 0 fully saturated rings. The van der Waals surface area contributed by atoms with E-state index >= 15 is 0 Å². The number of tetrazole rings is 1. The summed E-state index contributed by atoms with van der Waals surface area (Å²) in [5.41, 5.74) is 5.35. The maximum absolute atomic E-state index is 5.44. The Labute approximate surface area is 171 Å². The van der Waals surface area contributed by atoms with Crippen molar-refractivity contribution in [2.45, 2.75) is 24.8 Å². The number of hydrogen-bond donors (Lipinski definition) is 0. The van der Waals surface area contributed by atoms with Crippen molar-refractivity contribution in [3.8, 4) is 22.0 Å². The van der Waals surface area contributed by atoms with Gasteiger partial charge in [0, 0.05) is 11.1 Å². The number of para-hydroxylation sites is 1. The topological polar surface area (TPSA) is 65.7 Å². The first-order valence-corrected chi connectivity index (χ1v) is 10.6. The zero-order valence-corrected chi connectivity index (χ0v) is 17.4. The molecule has 0 radical (unpaired) electrons. The molecule has 4 aromatic rings. The minimum atomic E-state index is 0.691. The van der Waals surface area contributed by atoms with Gasteiger partial charge in [-0.3, -0.25) is 0 Å². The van der Waals surface area contributed by atoms with Gasteiger partial charge in [-0.2, -0.15) is 4.68 Å². The summed E-state index contributed by atoms with van der Waals surface area (Å²) >= 11 is 3.18. The molecule has 0 unspecified atom stereocenters. The first-order valence-electron chi connectivity index (χ1n) is 8.72. The predicted octanol–water partition coefficient (Wildman–Crippen LogP) is 4.70. The van der Waals surface area contributed by atoms with Crippen LogP contribution >= 0.6 is 23.1 Å². The smallest absolute Gasteiger partial charge is 0.214 e. The van der Waals surface area contributed by atoms with Crippen LogP contribution in [0.4, 0.5) is 0 Å². The zero-order valence-electron chi connectivity index (χ0n) is 15.8. The fourth-order valence-electron chi connectivity index (χ4n) is 2.92. The van der Waals surface area contributed by atoms with Gasteiger partial charge in [-0.25, -0.2) is 4.98 Å². The zero-order chi connectivity index (χ0) is 19.5. The van der Waals surface area contributed by atoms with Crippen LogP contribution in [0, 0.1) is 13.8 Å². The van der Waals surface area contributed by atoms with Gasteiger partial charge in [0.25, 0.3) is 0 Å². The van der Waals surface area contributed by atoms with Crippen molar-refractivity contribution in [2.24, 2.45) is 0 Å². The summed E-state index contributed by atoms with van der Waals surface area (Å²) in [5.74, 6) is 1.52. The van der Waals surface area contributed by atoms with Crippen LogP contribution in [0.2, 0.25) is 0 Å². The molecule has 0 aliphatic carbocycles. The van der Waals surface area contributed by atoms with Gasteiger partial charge in [-0.1, -0.05) is 41.6 Å². The summed E-state index contributed by atoms with van der Waals surface area (Å²) in [5, 5.41) is 16.0. The number of hydrogen-bond acceptors (Lipinski definition) is 7. The molecule has 0 saturated heterocycles. The predicted molar refractivity (Wildman–Crippen MR) is 112 cm³/mol. The van der Waals surface area contributed by atoms with Gasteiger partial charge in [0.1, 0.15) is 10.8 Å². The van der Waals surface area contributed by atoms with E-state index < -0.39 is 0 Å². The Hall–Kier alpha value is -2.71. The molecule has 0 amide bonds. The van der Waals surface area contributed by atoms with Gasteiger partial charge < -0.3 is 4.74 Å². The maximum atomic E-state index is 5.44. The second-order valence-corrected chi connectivity index (χ2v) is 8.10.